The van der Waals surface area contributed by atoms with Crippen molar-refractivity contribution in [1.82, 2.24) is 19.5 Å². The molecule has 7 heteroatoms. The quantitative estimate of drug-likeness (QED) is 0.201. The van der Waals surface area contributed by atoms with Crippen LogP contribution in [0.4, 0.5) is 0 Å². The lowest BCUT2D eigenvalue weighted by molar-refractivity contribution is 0.00578. The van der Waals surface area contributed by atoms with Crippen LogP contribution in [0.3, 0.4) is 0 Å². The zero-order valence-corrected chi connectivity index (χ0v) is 25.2. The number of nitrogens with zero attached hydrogens (tertiary/aromatic N) is 4. The Morgan fingerprint density at radius 1 is 0.568 bits per heavy atom. The molecule has 3 heterocycles. The van der Waals surface area contributed by atoms with Crippen LogP contribution in [0.2, 0.25) is 0 Å². The molecule has 0 N–H and O–H groups in total. The molecule has 0 unspecified atom stereocenters. The van der Waals surface area contributed by atoms with Gasteiger partial charge in [0.15, 0.2) is 17.4 Å². The summed E-state index contributed by atoms with van der Waals surface area (Å²) < 4.78 is 15.1. The number of fused-ring (bicyclic) bond motifs is 5. The summed E-state index contributed by atoms with van der Waals surface area (Å²) in [5, 5.41) is 4.75. The summed E-state index contributed by atoms with van der Waals surface area (Å²) in [6.45, 7) is 8.14. The summed E-state index contributed by atoms with van der Waals surface area (Å²) >= 11 is 0. The van der Waals surface area contributed by atoms with Gasteiger partial charge in [-0.2, -0.15) is 0 Å². The highest BCUT2D eigenvalue weighted by Gasteiger charge is 2.53. The summed E-state index contributed by atoms with van der Waals surface area (Å²) in [5.74, 6) is 1.16. The summed E-state index contributed by atoms with van der Waals surface area (Å²) in [6.07, 6.45) is 0. The predicted octanol–water partition coefficient (Wildman–Crippen LogP) is 7.76. The van der Waals surface area contributed by atoms with Crippen LogP contribution in [-0.2, 0) is 9.31 Å². The van der Waals surface area contributed by atoms with Crippen LogP contribution in [0, 0.1) is 0 Å². The van der Waals surface area contributed by atoms with E-state index in [-0.39, 0.29) is 0 Å². The Labute approximate surface area is 256 Å². The first-order valence-corrected chi connectivity index (χ1v) is 15.0. The number of hydrogen-bond acceptors (Lipinski definition) is 5. The van der Waals surface area contributed by atoms with E-state index in [1.165, 1.54) is 16.2 Å². The molecular formula is C37H31BN4O2. The molecule has 0 radical (unpaired) electrons. The molecule has 44 heavy (non-hydrogen) atoms. The number of aromatic nitrogens is 4. The van der Waals surface area contributed by atoms with Crippen molar-refractivity contribution in [2.75, 3.05) is 0 Å². The minimum Gasteiger partial charge on any atom is -0.397 e. The first-order chi connectivity index (χ1) is 21.3. The molecule has 8 rings (SSSR count). The molecule has 7 aromatic rings. The van der Waals surface area contributed by atoms with E-state index in [9.17, 15) is 0 Å². The molecule has 0 bridgehead atoms. The van der Waals surface area contributed by atoms with Crippen LogP contribution in [0.15, 0.2) is 115 Å². The summed E-state index contributed by atoms with van der Waals surface area (Å²) in [6, 6.07) is 39.9. The fourth-order valence-corrected chi connectivity index (χ4v) is 6.08. The lowest BCUT2D eigenvalue weighted by atomic mass is 9.89. The van der Waals surface area contributed by atoms with E-state index in [4.69, 9.17) is 24.3 Å². The number of hydrogen-bond donors (Lipinski definition) is 0. The van der Waals surface area contributed by atoms with Gasteiger partial charge in [-0.05, 0) is 74.9 Å². The average Bonchev–Trinajstić information content (AvgIpc) is 3.50. The average molecular weight is 574 g/mol. The van der Waals surface area contributed by atoms with Crippen LogP contribution in [0.5, 0.6) is 0 Å². The van der Waals surface area contributed by atoms with Crippen molar-refractivity contribution in [3.05, 3.63) is 115 Å². The molecule has 1 saturated heterocycles. The number of rotatable bonds is 4. The molecule has 0 amide bonds. The second kappa shape index (κ2) is 9.84. The Morgan fingerprint density at radius 3 is 1.91 bits per heavy atom. The topological polar surface area (TPSA) is 62.1 Å². The van der Waals surface area contributed by atoms with E-state index >= 15 is 0 Å². The van der Waals surface area contributed by atoms with Crippen LogP contribution in [-0.4, -0.2) is 37.8 Å². The summed E-state index contributed by atoms with van der Waals surface area (Å²) in [4.78, 5) is 14.8. The molecule has 6 nitrogen and oxygen atoms in total. The SMILES string of the molecule is CC1(C)OB(c2nc(-c3ccccc3)nc(-c3ccc4c(c3)c3c5ccccc5ccc3n4-c3ccccc3)n2)OC1(C)C. The number of para-hydroxylation sites is 1. The molecule has 0 saturated carbocycles. The van der Waals surface area contributed by atoms with Gasteiger partial charge >= 0.3 is 7.12 Å². The minimum atomic E-state index is -0.711. The fraction of sp³-hybridized carbons (Fsp3) is 0.162. The molecule has 1 fully saturated rings. The second-order valence-corrected chi connectivity index (χ2v) is 12.4. The third kappa shape index (κ3) is 4.23. The maximum atomic E-state index is 6.38. The van der Waals surface area contributed by atoms with Crippen molar-refractivity contribution in [3.8, 4) is 28.5 Å². The van der Waals surface area contributed by atoms with Gasteiger partial charge in [0, 0.05) is 27.6 Å². The van der Waals surface area contributed by atoms with Gasteiger partial charge < -0.3 is 13.9 Å². The molecule has 0 atom stereocenters. The minimum absolute atomic E-state index is 0.463. The first-order valence-electron chi connectivity index (χ1n) is 15.0. The Balaban J connectivity index is 1.37. The molecule has 214 valence electrons. The highest BCUT2D eigenvalue weighted by molar-refractivity contribution is 6.60. The Kier molecular flexibility index (Phi) is 5.99. The molecule has 0 spiro atoms. The number of benzene rings is 5. The maximum Gasteiger partial charge on any atom is 0.534 e. The van der Waals surface area contributed by atoms with Gasteiger partial charge in [-0.15, -0.1) is 0 Å². The maximum absolute atomic E-state index is 6.38. The van der Waals surface area contributed by atoms with E-state index in [1.807, 2.05) is 64.1 Å². The van der Waals surface area contributed by atoms with Gasteiger partial charge in [0.25, 0.3) is 0 Å². The zero-order chi connectivity index (χ0) is 30.1. The van der Waals surface area contributed by atoms with Gasteiger partial charge in [0.1, 0.15) is 0 Å². The highest BCUT2D eigenvalue weighted by atomic mass is 16.7. The van der Waals surface area contributed by atoms with E-state index in [0.717, 1.165) is 33.2 Å². The van der Waals surface area contributed by atoms with Gasteiger partial charge in [-0.25, -0.2) is 15.0 Å². The zero-order valence-electron chi connectivity index (χ0n) is 25.2. The van der Waals surface area contributed by atoms with Crippen molar-refractivity contribution in [2.24, 2.45) is 0 Å². The Hall–Kier alpha value is -4.85. The van der Waals surface area contributed by atoms with E-state index in [0.29, 0.717) is 17.4 Å². The van der Waals surface area contributed by atoms with Crippen molar-refractivity contribution < 1.29 is 9.31 Å². The Bertz CT molecular complexity index is 2180. The third-order valence-corrected chi connectivity index (χ3v) is 9.08. The van der Waals surface area contributed by atoms with E-state index < -0.39 is 18.3 Å². The van der Waals surface area contributed by atoms with Crippen LogP contribution >= 0.6 is 0 Å². The van der Waals surface area contributed by atoms with Crippen LogP contribution in [0.25, 0.3) is 61.0 Å². The van der Waals surface area contributed by atoms with Gasteiger partial charge in [0.2, 0.25) is 0 Å². The largest absolute Gasteiger partial charge is 0.534 e. The third-order valence-electron chi connectivity index (χ3n) is 9.08. The normalized spacial score (nSPS) is 15.9. The van der Waals surface area contributed by atoms with E-state index in [2.05, 4.69) is 83.4 Å². The standard InChI is InChI=1S/C37H31BN4O2/c1-36(2)37(3,4)44-38(43-36)35-40-33(25-14-7-5-8-15-25)39-34(41-35)26-20-21-30-29(23-26)32-28-18-12-11-13-24(28)19-22-31(32)42(30)27-16-9-6-10-17-27/h5-23H,1-4H3. The van der Waals surface area contributed by atoms with Crippen molar-refractivity contribution in [3.63, 3.8) is 0 Å². The van der Waals surface area contributed by atoms with Gasteiger partial charge in [-0.1, -0.05) is 78.9 Å². The highest BCUT2D eigenvalue weighted by Crippen LogP contribution is 2.39. The molecule has 5 aromatic carbocycles. The molecule has 0 aliphatic carbocycles. The summed E-state index contributed by atoms with van der Waals surface area (Å²) in [7, 11) is -0.711. The van der Waals surface area contributed by atoms with Crippen molar-refractivity contribution in [1.29, 1.82) is 0 Å². The fourth-order valence-electron chi connectivity index (χ4n) is 6.08. The Morgan fingerprint density at radius 2 is 1.18 bits per heavy atom. The van der Waals surface area contributed by atoms with Crippen LogP contribution < -0.4 is 5.72 Å². The van der Waals surface area contributed by atoms with Gasteiger partial charge in [0.05, 0.1) is 22.2 Å². The molecule has 2 aromatic heterocycles. The van der Waals surface area contributed by atoms with Gasteiger partial charge in [-0.3, -0.25) is 0 Å². The van der Waals surface area contributed by atoms with Crippen molar-refractivity contribution >= 4 is 45.4 Å². The predicted molar refractivity (Wildman–Crippen MR) is 178 cm³/mol. The lowest BCUT2D eigenvalue weighted by Crippen LogP contribution is -2.41. The van der Waals surface area contributed by atoms with Crippen molar-refractivity contribution in [2.45, 2.75) is 38.9 Å². The molecule has 1 aliphatic heterocycles. The smallest absolute Gasteiger partial charge is 0.397 e. The first kappa shape index (κ1) is 26.8. The van der Waals surface area contributed by atoms with E-state index in [1.54, 1.807) is 0 Å². The molecular weight excluding hydrogens is 543 g/mol. The summed E-state index contributed by atoms with van der Waals surface area (Å²) in [5.41, 5.74) is 4.62. The second-order valence-electron chi connectivity index (χ2n) is 12.4. The van der Waals surface area contributed by atoms with Crippen LogP contribution in [0.1, 0.15) is 27.7 Å². The molecule has 1 aliphatic rings. The monoisotopic (exact) mass is 574 g/mol. The lowest BCUT2D eigenvalue weighted by Gasteiger charge is -2.32.